The zero-order valence-corrected chi connectivity index (χ0v) is 21.3. The molecule has 0 bridgehead atoms. The number of carbonyl (C=O) groups excluding carboxylic acids is 1. The molecule has 35 heavy (non-hydrogen) atoms. The van der Waals surface area contributed by atoms with Gasteiger partial charge in [-0.15, -0.1) is 0 Å². The van der Waals surface area contributed by atoms with Gasteiger partial charge in [-0.1, -0.05) is 33.1 Å². The maximum absolute atomic E-state index is 14.5. The van der Waals surface area contributed by atoms with Gasteiger partial charge in [-0.3, -0.25) is 9.89 Å². The van der Waals surface area contributed by atoms with E-state index in [0.717, 1.165) is 29.6 Å². The van der Waals surface area contributed by atoms with Gasteiger partial charge in [-0.2, -0.15) is 18.3 Å². The van der Waals surface area contributed by atoms with Crippen LogP contribution in [-0.2, 0) is 13.0 Å². The summed E-state index contributed by atoms with van der Waals surface area (Å²) in [5.74, 6) is -2.03. The molecule has 5 nitrogen and oxygen atoms in total. The number of aromatic nitrogens is 2. The van der Waals surface area contributed by atoms with Crippen molar-refractivity contribution in [2.45, 2.75) is 66.6 Å². The van der Waals surface area contributed by atoms with E-state index in [4.69, 9.17) is 0 Å². The number of nitrogens with zero attached hydrogens (tertiary/aromatic N) is 3. The van der Waals surface area contributed by atoms with Crippen LogP contribution in [0.5, 0.6) is 0 Å². The van der Waals surface area contributed by atoms with Gasteiger partial charge in [0.1, 0.15) is 5.83 Å². The van der Waals surface area contributed by atoms with Crippen LogP contribution in [0.2, 0.25) is 0 Å². The van der Waals surface area contributed by atoms with Crippen LogP contribution in [0, 0.1) is 5.92 Å². The number of hydrogen-bond donors (Lipinski definition) is 1. The highest BCUT2D eigenvalue weighted by molar-refractivity contribution is 5.94. The molecule has 0 aromatic carbocycles. The molecule has 3 heterocycles. The molecule has 3 rings (SSSR count). The van der Waals surface area contributed by atoms with E-state index < -0.39 is 23.5 Å². The first-order valence-electron chi connectivity index (χ1n) is 12.0. The van der Waals surface area contributed by atoms with Gasteiger partial charge in [0.05, 0.1) is 17.8 Å². The van der Waals surface area contributed by atoms with Crippen molar-refractivity contribution in [3.05, 3.63) is 64.4 Å². The van der Waals surface area contributed by atoms with Crippen molar-refractivity contribution in [3.8, 4) is 0 Å². The number of likely N-dealkylation sites (tertiary alicyclic amines) is 1. The van der Waals surface area contributed by atoms with Crippen molar-refractivity contribution in [3.63, 3.8) is 0 Å². The van der Waals surface area contributed by atoms with Gasteiger partial charge in [-0.05, 0) is 57.1 Å². The van der Waals surface area contributed by atoms with Crippen molar-refractivity contribution in [2.24, 2.45) is 5.92 Å². The Balaban J connectivity index is 0.00000210. The van der Waals surface area contributed by atoms with E-state index in [9.17, 15) is 22.4 Å². The van der Waals surface area contributed by atoms with Crippen molar-refractivity contribution < 1.29 is 22.4 Å². The molecule has 2 aliphatic heterocycles. The highest BCUT2D eigenvalue weighted by Gasteiger charge is 2.41. The van der Waals surface area contributed by atoms with E-state index in [0.29, 0.717) is 31.5 Å². The van der Waals surface area contributed by atoms with Crippen LogP contribution in [0.4, 0.5) is 17.6 Å². The predicted molar refractivity (Wildman–Crippen MR) is 130 cm³/mol. The van der Waals surface area contributed by atoms with E-state index in [-0.39, 0.29) is 30.1 Å². The van der Waals surface area contributed by atoms with E-state index in [1.54, 1.807) is 4.90 Å². The fraction of sp³-hybridized carbons (Fsp3) is 0.538. The lowest BCUT2D eigenvalue weighted by atomic mass is 9.85. The van der Waals surface area contributed by atoms with Gasteiger partial charge in [0.15, 0.2) is 5.69 Å². The Kier molecular flexibility index (Phi) is 9.52. The molecular formula is C26H36F4N4O. The molecule has 1 aromatic rings. The highest BCUT2D eigenvalue weighted by atomic mass is 19.4. The maximum Gasteiger partial charge on any atom is 0.419 e. The lowest BCUT2D eigenvalue weighted by Crippen LogP contribution is -2.40. The Morgan fingerprint density at radius 3 is 2.20 bits per heavy atom. The molecule has 1 fully saturated rings. The molecule has 9 heteroatoms. The topological polar surface area (TPSA) is 52.2 Å². The van der Waals surface area contributed by atoms with Crippen LogP contribution in [0.3, 0.4) is 0 Å². The number of rotatable bonds is 5. The fourth-order valence-electron chi connectivity index (χ4n) is 4.50. The first-order valence-corrected chi connectivity index (χ1v) is 12.0. The average molecular weight is 497 g/mol. The summed E-state index contributed by atoms with van der Waals surface area (Å²) < 4.78 is 55.5. The number of amides is 1. The zero-order chi connectivity index (χ0) is 26.5. The molecule has 0 saturated carbocycles. The van der Waals surface area contributed by atoms with E-state index in [1.165, 1.54) is 13.8 Å². The molecule has 194 valence electrons. The van der Waals surface area contributed by atoms with Gasteiger partial charge in [0, 0.05) is 30.9 Å². The zero-order valence-electron chi connectivity index (χ0n) is 21.3. The Labute approximate surface area is 205 Å². The second kappa shape index (κ2) is 11.7. The van der Waals surface area contributed by atoms with Gasteiger partial charge in [0.25, 0.3) is 5.91 Å². The van der Waals surface area contributed by atoms with Crippen LogP contribution in [-0.4, -0.2) is 51.7 Å². The first kappa shape index (κ1) is 28.4. The number of aromatic amines is 1. The molecule has 2 aliphatic rings. The van der Waals surface area contributed by atoms with Gasteiger partial charge in [-0.25, -0.2) is 4.39 Å². The standard InChI is InChI=1S/C24H30F4N4O.C2H6/c1-6-17(20(24(26,27)28)21(25)14(2)3)16-7-10-31(11-8-16)23(33)22-18-9-12-32(15(4)5)13-19(18)29-30-22;1-2/h6,16H,1,4,7-13H2,2-3,5H3,(H,29,30);1-2H3/b20-17-;. The minimum absolute atomic E-state index is 0.0391. The molecular weight excluding hydrogens is 460 g/mol. The summed E-state index contributed by atoms with van der Waals surface area (Å²) in [7, 11) is 0. The summed E-state index contributed by atoms with van der Waals surface area (Å²) in [6.07, 6.45) is -2.48. The first-order chi connectivity index (χ1) is 16.5. The number of nitrogens with one attached hydrogen (secondary N) is 1. The van der Waals surface area contributed by atoms with E-state index >= 15 is 0 Å². The number of carbonyl (C=O) groups is 1. The smallest absolute Gasteiger partial charge is 0.369 e. The fourth-order valence-corrected chi connectivity index (χ4v) is 4.50. The summed E-state index contributed by atoms with van der Waals surface area (Å²) in [5.41, 5.74) is 1.64. The summed E-state index contributed by atoms with van der Waals surface area (Å²) in [4.78, 5) is 16.8. The van der Waals surface area contributed by atoms with Crippen LogP contribution in [0.15, 0.2) is 47.5 Å². The van der Waals surface area contributed by atoms with Crippen LogP contribution >= 0.6 is 0 Å². The van der Waals surface area contributed by atoms with Crippen molar-refractivity contribution >= 4 is 5.91 Å². The third-order valence-corrected chi connectivity index (χ3v) is 6.35. The molecule has 1 saturated heterocycles. The van der Waals surface area contributed by atoms with Crippen LogP contribution < -0.4 is 0 Å². The van der Waals surface area contributed by atoms with Gasteiger partial charge >= 0.3 is 6.18 Å². The summed E-state index contributed by atoms with van der Waals surface area (Å²) in [6, 6.07) is 0. The van der Waals surface area contributed by atoms with Gasteiger partial charge in [0.2, 0.25) is 0 Å². The van der Waals surface area contributed by atoms with E-state index in [1.807, 2.05) is 20.8 Å². The average Bonchev–Trinajstić information content (AvgIpc) is 3.25. The van der Waals surface area contributed by atoms with Crippen molar-refractivity contribution in [1.29, 1.82) is 0 Å². The number of piperidine rings is 1. The lowest BCUT2D eigenvalue weighted by Gasteiger charge is -2.34. The summed E-state index contributed by atoms with van der Waals surface area (Å²) in [5, 5.41) is 7.19. The predicted octanol–water partition coefficient (Wildman–Crippen LogP) is 6.49. The Hall–Kier alpha value is -2.84. The van der Waals surface area contributed by atoms with E-state index in [2.05, 4.69) is 28.3 Å². The lowest BCUT2D eigenvalue weighted by molar-refractivity contribution is -0.0924. The number of hydrogen-bond acceptors (Lipinski definition) is 3. The number of halogens is 4. The summed E-state index contributed by atoms with van der Waals surface area (Å²) >= 11 is 0. The number of H-pyrrole nitrogens is 1. The van der Waals surface area contributed by atoms with Gasteiger partial charge < -0.3 is 9.80 Å². The normalized spacial score (nSPS) is 17.1. The Bertz CT molecular complexity index is 1010. The second-order valence-electron chi connectivity index (χ2n) is 8.85. The maximum atomic E-state index is 14.5. The van der Waals surface area contributed by atoms with Crippen LogP contribution in [0.1, 0.15) is 69.2 Å². The van der Waals surface area contributed by atoms with Crippen molar-refractivity contribution in [2.75, 3.05) is 19.6 Å². The van der Waals surface area contributed by atoms with Crippen LogP contribution in [0.25, 0.3) is 0 Å². The number of alkyl halides is 3. The second-order valence-corrected chi connectivity index (χ2v) is 8.85. The largest absolute Gasteiger partial charge is 0.419 e. The SMILES string of the molecule is C=C/C(=C(\C(F)=C(C)C)C(F)(F)F)C1CCN(C(=O)c2n[nH]c3c2CCN(C(=C)C)C3)CC1.CC. The summed E-state index contributed by atoms with van der Waals surface area (Å²) in [6.45, 7) is 17.9. The molecule has 0 aliphatic carbocycles. The third kappa shape index (κ3) is 6.24. The monoisotopic (exact) mass is 496 g/mol. The molecule has 1 aromatic heterocycles. The molecule has 0 atom stereocenters. The third-order valence-electron chi connectivity index (χ3n) is 6.35. The number of allylic oxidation sites excluding steroid dienone is 6. The molecule has 0 unspecified atom stereocenters. The Morgan fingerprint density at radius 2 is 1.71 bits per heavy atom. The minimum Gasteiger partial charge on any atom is -0.369 e. The van der Waals surface area contributed by atoms with Crippen molar-refractivity contribution in [1.82, 2.24) is 20.0 Å². The Morgan fingerprint density at radius 1 is 1.11 bits per heavy atom. The number of fused-ring (bicyclic) bond motifs is 1. The molecule has 1 N–H and O–H groups in total. The molecule has 1 amide bonds. The molecule has 0 radical (unpaired) electrons. The minimum atomic E-state index is -4.83. The quantitative estimate of drug-likeness (QED) is 0.375. The highest BCUT2D eigenvalue weighted by Crippen LogP contribution is 2.40. The molecule has 0 spiro atoms.